The maximum atomic E-state index is 12.1. The number of nitrogens with zero attached hydrogens (tertiary/aromatic N) is 2. The average molecular weight is 534 g/mol. The van der Waals surface area contributed by atoms with Gasteiger partial charge in [-0.1, -0.05) is 30.3 Å². The first-order valence-corrected chi connectivity index (χ1v) is 10.3. The van der Waals surface area contributed by atoms with Crippen molar-refractivity contribution in [1.82, 2.24) is 15.5 Å². The highest BCUT2D eigenvalue weighted by atomic mass is 127. The third kappa shape index (κ3) is 6.46. The predicted octanol–water partition coefficient (Wildman–Crippen LogP) is 4.36. The number of amides is 1. The molecular weight excluding hydrogens is 503 g/mol. The van der Waals surface area contributed by atoms with Gasteiger partial charge < -0.3 is 20.0 Å². The molecule has 31 heavy (non-hydrogen) atoms. The molecule has 1 heterocycles. The van der Waals surface area contributed by atoms with E-state index < -0.39 is 0 Å². The molecule has 0 unspecified atom stereocenters. The number of guanidine groups is 1. The van der Waals surface area contributed by atoms with Crippen molar-refractivity contribution in [3.05, 3.63) is 71.0 Å². The van der Waals surface area contributed by atoms with E-state index in [0.717, 1.165) is 46.8 Å². The summed E-state index contributed by atoms with van der Waals surface area (Å²) in [6, 6.07) is 15.8. The second kappa shape index (κ2) is 11.7. The summed E-state index contributed by atoms with van der Waals surface area (Å²) in [7, 11) is 3.53. The topological polar surface area (TPSA) is 69.9 Å². The molecular formula is C24H31IN4O2. The number of nitrogens with one attached hydrogen (secondary N) is 2. The van der Waals surface area contributed by atoms with Crippen molar-refractivity contribution in [2.75, 3.05) is 27.2 Å². The Kier molecular flexibility index (Phi) is 9.36. The summed E-state index contributed by atoms with van der Waals surface area (Å²) < 4.78 is 5.96. The number of aliphatic imine (C=N–C) groups is 1. The minimum atomic E-state index is 0. The number of para-hydroxylation sites is 1. The fourth-order valence-electron chi connectivity index (χ4n) is 3.31. The van der Waals surface area contributed by atoms with E-state index in [1.165, 1.54) is 0 Å². The summed E-state index contributed by atoms with van der Waals surface area (Å²) in [5, 5.41) is 7.77. The molecule has 7 heteroatoms. The summed E-state index contributed by atoms with van der Waals surface area (Å²) in [5.74, 6) is 1.64. The molecule has 0 spiro atoms. The molecule has 1 amide bonds. The summed E-state index contributed by atoms with van der Waals surface area (Å²) >= 11 is 0. The molecule has 0 radical (unpaired) electrons. The summed E-state index contributed by atoms with van der Waals surface area (Å²) in [6.45, 7) is 6.07. The van der Waals surface area contributed by atoms with Crippen LogP contribution >= 0.6 is 24.0 Å². The van der Waals surface area contributed by atoms with Crippen LogP contribution in [0.3, 0.4) is 0 Å². The molecule has 0 aliphatic carbocycles. The van der Waals surface area contributed by atoms with Gasteiger partial charge in [0.1, 0.15) is 17.9 Å². The molecule has 3 aromatic rings. The number of halogens is 1. The molecule has 166 valence electrons. The zero-order valence-electron chi connectivity index (χ0n) is 18.6. The van der Waals surface area contributed by atoms with E-state index in [2.05, 4.69) is 28.6 Å². The Balaban J connectivity index is 0.00000341. The van der Waals surface area contributed by atoms with Crippen LogP contribution in [0.4, 0.5) is 0 Å². The van der Waals surface area contributed by atoms with E-state index in [1.807, 2.05) is 49.4 Å². The fraction of sp³-hybridized carbons (Fsp3) is 0.333. The zero-order chi connectivity index (χ0) is 21.5. The largest absolute Gasteiger partial charge is 0.459 e. The molecule has 0 aliphatic rings. The van der Waals surface area contributed by atoms with Crippen molar-refractivity contribution in [1.29, 1.82) is 0 Å². The van der Waals surface area contributed by atoms with Crippen molar-refractivity contribution in [3.8, 4) is 0 Å². The van der Waals surface area contributed by atoms with Crippen LogP contribution in [-0.4, -0.2) is 44.0 Å². The monoisotopic (exact) mass is 534 g/mol. The molecule has 3 rings (SSSR count). The minimum absolute atomic E-state index is 0. The van der Waals surface area contributed by atoms with Gasteiger partial charge in [0, 0.05) is 43.7 Å². The lowest BCUT2D eigenvalue weighted by molar-refractivity contribution is 0.0827. The van der Waals surface area contributed by atoms with Gasteiger partial charge in [0.2, 0.25) is 0 Å². The SMILES string of the molecule is CCNC(=NCc1oc2ccccc2c1C)NCCc1cccc(C(=O)N(C)C)c1.I. The average Bonchev–Trinajstić information content (AvgIpc) is 3.07. The molecule has 0 saturated carbocycles. The molecule has 0 aliphatic heterocycles. The van der Waals surface area contributed by atoms with Crippen LogP contribution in [0.5, 0.6) is 0 Å². The van der Waals surface area contributed by atoms with Crippen molar-refractivity contribution in [2.45, 2.75) is 26.8 Å². The predicted molar refractivity (Wildman–Crippen MR) is 137 cm³/mol. The second-order valence-corrected chi connectivity index (χ2v) is 7.42. The molecule has 6 nitrogen and oxygen atoms in total. The Morgan fingerprint density at radius 1 is 1.10 bits per heavy atom. The van der Waals surface area contributed by atoms with E-state index in [9.17, 15) is 4.79 Å². The summed E-state index contributed by atoms with van der Waals surface area (Å²) in [4.78, 5) is 18.4. The van der Waals surface area contributed by atoms with Gasteiger partial charge >= 0.3 is 0 Å². The number of benzene rings is 2. The number of furan rings is 1. The van der Waals surface area contributed by atoms with Crippen LogP contribution in [0, 0.1) is 6.92 Å². The quantitative estimate of drug-likeness (QED) is 0.269. The maximum Gasteiger partial charge on any atom is 0.253 e. The Labute approximate surface area is 201 Å². The van der Waals surface area contributed by atoms with E-state index in [0.29, 0.717) is 18.7 Å². The van der Waals surface area contributed by atoms with E-state index >= 15 is 0 Å². The van der Waals surface area contributed by atoms with Crippen LogP contribution in [0.2, 0.25) is 0 Å². The van der Waals surface area contributed by atoms with Gasteiger partial charge in [-0.2, -0.15) is 0 Å². The number of hydrogen-bond donors (Lipinski definition) is 2. The van der Waals surface area contributed by atoms with Gasteiger partial charge in [0.25, 0.3) is 5.91 Å². The van der Waals surface area contributed by atoms with Crippen LogP contribution in [-0.2, 0) is 13.0 Å². The number of hydrogen-bond acceptors (Lipinski definition) is 3. The lowest BCUT2D eigenvalue weighted by atomic mass is 10.1. The highest BCUT2D eigenvalue weighted by Gasteiger charge is 2.10. The Morgan fingerprint density at radius 3 is 2.58 bits per heavy atom. The van der Waals surface area contributed by atoms with Gasteiger partial charge in [-0.25, -0.2) is 4.99 Å². The lowest BCUT2D eigenvalue weighted by Gasteiger charge is -2.13. The van der Waals surface area contributed by atoms with Crippen molar-refractivity contribution in [2.24, 2.45) is 4.99 Å². The van der Waals surface area contributed by atoms with Gasteiger partial charge in [0.15, 0.2) is 5.96 Å². The van der Waals surface area contributed by atoms with Crippen LogP contribution < -0.4 is 10.6 Å². The van der Waals surface area contributed by atoms with Gasteiger partial charge in [-0.15, -0.1) is 24.0 Å². The summed E-state index contributed by atoms with van der Waals surface area (Å²) in [6.07, 6.45) is 0.794. The smallest absolute Gasteiger partial charge is 0.253 e. The third-order valence-electron chi connectivity index (χ3n) is 4.95. The fourth-order valence-corrected chi connectivity index (χ4v) is 3.31. The lowest BCUT2D eigenvalue weighted by Crippen LogP contribution is -2.38. The first kappa shape index (κ1) is 24.7. The molecule has 0 bridgehead atoms. The van der Waals surface area contributed by atoms with E-state index in [1.54, 1.807) is 19.0 Å². The number of fused-ring (bicyclic) bond motifs is 1. The molecule has 2 N–H and O–H groups in total. The molecule has 2 aromatic carbocycles. The summed E-state index contributed by atoms with van der Waals surface area (Å²) in [5.41, 5.74) is 3.84. The number of carbonyl (C=O) groups is 1. The molecule has 0 fully saturated rings. The van der Waals surface area contributed by atoms with E-state index in [4.69, 9.17) is 4.42 Å². The molecule has 1 aromatic heterocycles. The van der Waals surface area contributed by atoms with Crippen molar-refractivity contribution < 1.29 is 9.21 Å². The van der Waals surface area contributed by atoms with Crippen LogP contribution in [0.15, 0.2) is 57.9 Å². The zero-order valence-corrected chi connectivity index (χ0v) is 20.9. The normalized spacial score (nSPS) is 11.2. The molecule has 0 saturated heterocycles. The number of carbonyl (C=O) groups excluding carboxylic acids is 1. The van der Waals surface area contributed by atoms with Gasteiger partial charge in [0.05, 0.1) is 0 Å². The van der Waals surface area contributed by atoms with Crippen molar-refractivity contribution >= 4 is 46.8 Å². The minimum Gasteiger partial charge on any atom is -0.459 e. The Bertz CT molecular complexity index is 1040. The highest BCUT2D eigenvalue weighted by Crippen LogP contribution is 2.25. The standard InChI is InChI=1S/C24H30N4O2.HI/c1-5-25-24(27-16-22-17(2)20-11-6-7-12-21(20)30-22)26-14-13-18-9-8-10-19(15-18)23(29)28(3)4;/h6-12,15H,5,13-14,16H2,1-4H3,(H2,25,26,27);1H. The third-order valence-corrected chi connectivity index (χ3v) is 4.95. The van der Waals surface area contributed by atoms with Crippen LogP contribution in [0.1, 0.15) is 34.2 Å². The highest BCUT2D eigenvalue weighted by molar-refractivity contribution is 14.0. The first-order valence-electron chi connectivity index (χ1n) is 10.3. The van der Waals surface area contributed by atoms with Crippen LogP contribution in [0.25, 0.3) is 11.0 Å². The first-order chi connectivity index (χ1) is 14.5. The second-order valence-electron chi connectivity index (χ2n) is 7.42. The number of aryl methyl sites for hydroxylation is 1. The number of rotatable bonds is 7. The maximum absolute atomic E-state index is 12.1. The van der Waals surface area contributed by atoms with Gasteiger partial charge in [-0.3, -0.25) is 4.79 Å². The van der Waals surface area contributed by atoms with E-state index in [-0.39, 0.29) is 29.9 Å². The van der Waals surface area contributed by atoms with Gasteiger partial charge in [-0.05, 0) is 44.0 Å². The Hall–Kier alpha value is -2.55. The van der Waals surface area contributed by atoms with Crippen molar-refractivity contribution in [3.63, 3.8) is 0 Å². The molecule has 0 atom stereocenters. The Morgan fingerprint density at radius 2 is 1.87 bits per heavy atom.